The number of hydrogen-bond donors (Lipinski definition) is 1. The Morgan fingerprint density at radius 2 is 1.74 bits per heavy atom. The first-order valence-electron chi connectivity index (χ1n) is 8.21. The van der Waals surface area contributed by atoms with Crippen LogP contribution in [0.15, 0.2) is 72.8 Å². The van der Waals surface area contributed by atoms with Crippen LogP contribution in [0.4, 0.5) is 4.39 Å². The van der Waals surface area contributed by atoms with Gasteiger partial charge in [-0.15, -0.1) is 0 Å². The van der Waals surface area contributed by atoms with Crippen molar-refractivity contribution in [2.45, 2.75) is 6.61 Å². The summed E-state index contributed by atoms with van der Waals surface area (Å²) in [6.45, 7) is 0.0168. The molecule has 0 aliphatic carbocycles. The van der Waals surface area contributed by atoms with E-state index in [2.05, 4.69) is 0 Å². The number of carboxylic acid groups (broad SMARTS) is 1. The Bertz CT molecular complexity index is 984. The van der Waals surface area contributed by atoms with E-state index in [0.717, 1.165) is 0 Å². The van der Waals surface area contributed by atoms with Crippen LogP contribution in [0.5, 0.6) is 5.75 Å². The van der Waals surface area contributed by atoms with Crippen molar-refractivity contribution in [3.8, 4) is 5.75 Å². The van der Waals surface area contributed by atoms with Gasteiger partial charge in [-0.25, -0.2) is 9.18 Å². The zero-order valence-corrected chi connectivity index (χ0v) is 15.0. The number of benzene rings is 3. The van der Waals surface area contributed by atoms with Gasteiger partial charge in [0.25, 0.3) is 0 Å². The van der Waals surface area contributed by atoms with Gasteiger partial charge >= 0.3 is 5.97 Å². The third-order valence-corrected chi connectivity index (χ3v) is 4.16. The van der Waals surface area contributed by atoms with Gasteiger partial charge in [0.1, 0.15) is 18.2 Å². The smallest absolute Gasteiger partial charge is 0.336 e. The highest BCUT2D eigenvalue weighted by molar-refractivity contribution is 6.31. The maximum atomic E-state index is 13.8. The molecule has 0 atom stereocenters. The molecule has 0 heterocycles. The fraction of sp³-hybridized carbons (Fsp3) is 0.0455. The Morgan fingerprint density at radius 1 is 1.04 bits per heavy atom. The maximum absolute atomic E-state index is 13.8. The van der Waals surface area contributed by atoms with Crippen LogP contribution < -0.4 is 4.74 Å². The summed E-state index contributed by atoms with van der Waals surface area (Å²) in [4.78, 5) is 11.7. The lowest BCUT2D eigenvalue weighted by molar-refractivity contribution is -0.130. The van der Waals surface area contributed by atoms with Crippen molar-refractivity contribution < 1.29 is 19.0 Å². The molecule has 0 aliphatic heterocycles. The molecule has 0 saturated carbocycles. The average Bonchev–Trinajstić information content (AvgIpc) is 2.67. The van der Waals surface area contributed by atoms with Gasteiger partial charge in [-0.3, -0.25) is 0 Å². The van der Waals surface area contributed by atoms with E-state index in [-0.39, 0.29) is 18.0 Å². The number of carboxylic acids is 1. The molecule has 0 bridgehead atoms. The molecule has 0 amide bonds. The van der Waals surface area contributed by atoms with E-state index in [9.17, 15) is 14.3 Å². The number of hydrogen-bond acceptors (Lipinski definition) is 2. The minimum atomic E-state index is -1.07. The van der Waals surface area contributed by atoms with Crippen LogP contribution in [0.1, 0.15) is 16.7 Å². The molecule has 136 valence electrons. The molecule has 0 saturated heterocycles. The summed E-state index contributed by atoms with van der Waals surface area (Å²) in [5, 5.41) is 10.0. The first-order chi connectivity index (χ1) is 13.0. The molecule has 3 nitrogen and oxygen atoms in total. The van der Waals surface area contributed by atoms with Crippen molar-refractivity contribution in [1.82, 2.24) is 0 Å². The zero-order valence-electron chi connectivity index (χ0n) is 14.2. The van der Waals surface area contributed by atoms with E-state index in [1.54, 1.807) is 60.7 Å². The third kappa shape index (κ3) is 4.74. The summed E-state index contributed by atoms with van der Waals surface area (Å²) in [6.07, 6.45) is 1.50. The summed E-state index contributed by atoms with van der Waals surface area (Å²) >= 11 is 6.08. The van der Waals surface area contributed by atoms with Gasteiger partial charge in [0.05, 0.1) is 5.57 Å². The largest absolute Gasteiger partial charge is 0.488 e. The van der Waals surface area contributed by atoms with Crippen LogP contribution in [-0.2, 0) is 11.4 Å². The van der Waals surface area contributed by atoms with Crippen LogP contribution in [-0.4, -0.2) is 11.1 Å². The van der Waals surface area contributed by atoms with E-state index in [1.807, 2.05) is 6.07 Å². The Morgan fingerprint density at radius 3 is 2.44 bits per heavy atom. The number of ether oxygens (including phenoxy) is 1. The summed E-state index contributed by atoms with van der Waals surface area (Å²) in [5.74, 6) is -1.02. The van der Waals surface area contributed by atoms with Crippen molar-refractivity contribution >= 4 is 29.2 Å². The topological polar surface area (TPSA) is 46.5 Å². The monoisotopic (exact) mass is 382 g/mol. The van der Waals surface area contributed by atoms with Crippen molar-refractivity contribution in [2.75, 3.05) is 0 Å². The average molecular weight is 383 g/mol. The van der Waals surface area contributed by atoms with E-state index < -0.39 is 5.97 Å². The highest BCUT2D eigenvalue weighted by Crippen LogP contribution is 2.29. The predicted octanol–water partition coefficient (Wildman–Crippen LogP) is 5.68. The standard InChI is InChI=1S/C22H16ClFO3/c23-18-10-11-21(27-14-16-8-4-5-9-20(16)24)17(12-18)13-19(22(25)26)15-6-2-1-3-7-15/h1-13H,14H2,(H,25,26)/b19-13-. The lowest BCUT2D eigenvalue weighted by Gasteiger charge is -2.11. The number of aliphatic carboxylic acids is 1. The summed E-state index contributed by atoms with van der Waals surface area (Å²) in [7, 11) is 0. The van der Waals surface area contributed by atoms with Gasteiger partial charge in [0, 0.05) is 16.1 Å². The molecular formula is C22H16ClFO3. The number of halogens is 2. The van der Waals surface area contributed by atoms with Gasteiger partial charge in [0.15, 0.2) is 0 Å². The molecule has 0 fully saturated rings. The lowest BCUT2D eigenvalue weighted by Crippen LogP contribution is -2.02. The molecule has 1 N–H and O–H groups in total. The molecule has 0 aromatic heterocycles. The quantitative estimate of drug-likeness (QED) is 0.440. The number of carbonyl (C=O) groups is 1. The van der Waals surface area contributed by atoms with Crippen LogP contribution in [0.3, 0.4) is 0 Å². The molecule has 27 heavy (non-hydrogen) atoms. The second kappa shape index (κ2) is 8.52. The highest BCUT2D eigenvalue weighted by Gasteiger charge is 2.13. The molecule has 0 unspecified atom stereocenters. The van der Waals surface area contributed by atoms with E-state index in [1.165, 1.54) is 12.1 Å². The van der Waals surface area contributed by atoms with E-state index in [0.29, 0.717) is 27.5 Å². The fourth-order valence-corrected chi connectivity index (χ4v) is 2.76. The Hall–Kier alpha value is -3.11. The van der Waals surface area contributed by atoms with Gasteiger partial charge in [-0.2, -0.15) is 0 Å². The van der Waals surface area contributed by atoms with Crippen molar-refractivity contribution in [3.05, 3.63) is 100 Å². The van der Waals surface area contributed by atoms with Gasteiger partial charge in [0.2, 0.25) is 0 Å². The Kier molecular flexibility index (Phi) is 5.89. The molecule has 0 radical (unpaired) electrons. The van der Waals surface area contributed by atoms with Crippen LogP contribution in [0, 0.1) is 5.82 Å². The maximum Gasteiger partial charge on any atom is 0.336 e. The summed E-state index contributed by atoms with van der Waals surface area (Å²) in [5.41, 5.74) is 1.57. The fourth-order valence-electron chi connectivity index (χ4n) is 2.58. The van der Waals surface area contributed by atoms with Crippen molar-refractivity contribution in [3.63, 3.8) is 0 Å². The van der Waals surface area contributed by atoms with Gasteiger partial charge in [-0.1, -0.05) is 60.1 Å². The Labute approximate surface area is 161 Å². The molecular weight excluding hydrogens is 367 g/mol. The first kappa shape index (κ1) is 18.7. The zero-order chi connectivity index (χ0) is 19.2. The second-order valence-corrected chi connectivity index (χ2v) is 6.23. The van der Waals surface area contributed by atoms with E-state index >= 15 is 0 Å². The molecule has 0 aliphatic rings. The second-order valence-electron chi connectivity index (χ2n) is 5.79. The van der Waals surface area contributed by atoms with Crippen LogP contribution in [0.2, 0.25) is 5.02 Å². The molecule has 0 spiro atoms. The van der Waals surface area contributed by atoms with Crippen LogP contribution in [0.25, 0.3) is 11.6 Å². The van der Waals surface area contributed by atoms with Gasteiger partial charge < -0.3 is 9.84 Å². The molecule has 3 aromatic rings. The van der Waals surface area contributed by atoms with Crippen molar-refractivity contribution in [2.24, 2.45) is 0 Å². The minimum Gasteiger partial charge on any atom is -0.488 e. The van der Waals surface area contributed by atoms with E-state index in [4.69, 9.17) is 16.3 Å². The van der Waals surface area contributed by atoms with Crippen molar-refractivity contribution in [1.29, 1.82) is 0 Å². The molecule has 3 rings (SSSR count). The summed E-state index contributed by atoms with van der Waals surface area (Å²) in [6, 6.07) is 20.0. The number of rotatable bonds is 6. The lowest BCUT2D eigenvalue weighted by atomic mass is 10.0. The molecule has 3 aromatic carbocycles. The summed E-state index contributed by atoms with van der Waals surface area (Å²) < 4.78 is 19.5. The molecule has 5 heteroatoms. The predicted molar refractivity (Wildman–Crippen MR) is 104 cm³/mol. The Balaban J connectivity index is 1.96. The minimum absolute atomic E-state index is 0.0168. The third-order valence-electron chi connectivity index (χ3n) is 3.93. The van der Waals surface area contributed by atoms with Crippen LogP contribution >= 0.6 is 11.6 Å². The SMILES string of the molecule is O=C(O)/C(=C\c1cc(Cl)ccc1OCc1ccccc1F)c1ccccc1. The highest BCUT2D eigenvalue weighted by atomic mass is 35.5. The first-order valence-corrected chi connectivity index (χ1v) is 8.58. The normalized spacial score (nSPS) is 11.3. The van der Waals surface area contributed by atoms with Gasteiger partial charge in [-0.05, 0) is 35.9 Å².